The van der Waals surface area contributed by atoms with Gasteiger partial charge in [0, 0.05) is 18.0 Å². The van der Waals surface area contributed by atoms with Crippen molar-refractivity contribution in [2.45, 2.75) is 38.0 Å². The SMILES string of the molecule is Cn1nc(C(C)(C)C)c2c1N(CC(=O)NCc1ccco1)C(=O)CSC2c1ccsc1. The van der Waals surface area contributed by atoms with E-state index in [4.69, 9.17) is 9.52 Å². The summed E-state index contributed by atoms with van der Waals surface area (Å²) in [5, 5.41) is 11.8. The number of aromatic nitrogens is 2. The zero-order valence-corrected chi connectivity index (χ0v) is 19.7. The second kappa shape index (κ2) is 8.55. The van der Waals surface area contributed by atoms with Crippen LogP contribution in [0.2, 0.25) is 0 Å². The summed E-state index contributed by atoms with van der Waals surface area (Å²) in [7, 11) is 1.84. The molecule has 0 bridgehead atoms. The van der Waals surface area contributed by atoms with Crippen LogP contribution in [0.3, 0.4) is 0 Å². The summed E-state index contributed by atoms with van der Waals surface area (Å²) in [6.07, 6.45) is 1.57. The number of fused-ring (bicyclic) bond motifs is 1. The highest BCUT2D eigenvalue weighted by atomic mass is 32.2. The molecule has 2 amide bonds. The number of hydrogen-bond donors (Lipinski definition) is 1. The average molecular weight is 459 g/mol. The van der Waals surface area contributed by atoms with Gasteiger partial charge in [0.1, 0.15) is 18.1 Å². The van der Waals surface area contributed by atoms with Crippen molar-refractivity contribution in [3.63, 3.8) is 0 Å². The minimum atomic E-state index is -0.242. The molecule has 3 aromatic rings. The summed E-state index contributed by atoms with van der Waals surface area (Å²) >= 11 is 3.23. The van der Waals surface area contributed by atoms with Crippen molar-refractivity contribution in [1.82, 2.24) is 15.1 Å². The Morgan fingerprint density at radius 2 is 2.16 bits per heavy atom. The van der Waals surface area contributed by atoms with E-state index in [-0.39, 0.29) is 35.6 Å². The van der Waals surface area contributed by atoms with Crippen molar-refractivity contribution in [3.05, 3.63) is 57.8 Å². The average Bonchev–Trinajstić information content (AvgIpc) is 3.45. The third kappa shape index (κ3) is 4.43. The van der Waals surface area contributed by atoms with Gasteiger partial charge in [-0.15, -0.1) is 11.8 Å². The number of thiophene rings is 1. The Balaban J connectivity index is 1.71. The van der Waals surface area contributed by atoms with E-state index >= 15 is 0 Å². The van der Waals surface area contributed by atoms with E-state index in [0.717, 1.165) is 16.8 Å². The quantitative estimate of drug-likeness (QED) is 0.628. The first kappa shape index (κ1) is 21.7. The van der Waals surface area contributed by atoms with Gasteiger partial charge in [0.05, 0.1) is 29.5 Å². The zero-order valence-electron chi connectivity index (χ0n) is 18.0. The van der Waals surface area contributed by atoms with E-state index in [1.807, 2.05) is 7.05 Å². The smallest absolute Gasteiger partial charge is 0.240 e. The lowest BCUT2D eigenvalue weighted by atomic mass is 9.87. The van der Waals surface area contributed by atoms with Gasteiger partial charge in [0.15, 0.2) is 0 Å². The van der Waals surface area contributed by atoms with Gasteiger partial charge < -0.3 is 9.73 Å². The van der Waals surface area contributed by atoms with E-state index in [2.05, 4.69) is 42.9 Å². The number of amides is 2. The second-order valence-electron chi connectivity index (χ2n) is 8.54. The largest absolute Gasteiger partial charge is 0.467 e. The molecule has 0 saturated heterocycles. The Morgan fingerprint density at radius 1 is 1.35 bits per heavy atom. The fourth-order valence-electron chi connectivity index (χ4n) is 3.73. The van der Waals surface area contributed by atoms with Gasteiger partial charge in [0.2, 0.25) is 11.8 Å². The van der Waals surface area contributed by atoms with Gasteiger partial charge in [-0.25, -0.2) is 0 Å². The highest BCUT2D eigenvalue weighted by Gasteiger charge is 2.38. The van der Waals surface area contributed by atoms with Crippen molar-refractivity contribution >= 4 is 40.7 Å². The maximum atomic E-state index is 13.1. The van der Waals surface area contributed by atoms with Crippen LogP contribution >= 0.6 is 23.1 Å². The lowest BCUT2D eigenvalue weighted by molar-refractivity contribution is -0.123. The van der Waals surface area contributed by atoms with E-state index in [1.54, 1.807) is 51.1 Å². The number of nitrogens with zero attached hydrogens (tertiary/aromatic N) is 3. The maximum absolute atomic E-state index is 13.1. The van der Waals surface area contributed by atoms with Gasteiger partial charge in [-0.05, 0) is 34.5 Å². The number of thioether (sulfide) groups is 1. The van der Waals surface area contributed by atoms with Crippen molar-refractivity contribution in [3.8, 4) is 0 Å². The molecule has 7 nitrogen and oxygen atoms in total. The molecule has 164 valence electrons. The summed E-state index contributed by atoms with van der Waals surface area (Å²) < 4.78 is 7.02. The first-order valence-electron chi connectivity index (χ1n) is 10.1. The van der Waals surface area contributed by atoms with Crippen LogP contribution in [0.15, 0.2) is 39.6 Å². The Kier molecular flexibility index (Phi) is 5.98. The van der Waals surface area contributed by atoms with Crippen LogP contribution in [-0.2, 0) is 28.6 Å². The first-order chi connectivity index (χ1) is 14.8. The Morgan fingerprint density at radius 3 is 2.81 bits per heavy atom. The van der Waals surface area contributed by atoms with Gasteiger partial charge in [-0.1, -0.05) is 20.8 Å². The number of hydrogen-bond acceptors (Lipinski definition) is 6. The number of furan rings is 1. The van der Waals surface area contributed by atoms with Crippen molar-refractivity contribution < 1.29 is 14.0 Å². The van der Waals surface area contributed by atoms with E-state index in [9.17, 15) is 9.59 Å². The fourth-order valence-corrected chi connectivity index (χ4v) is 5.69. The van der Waals surface area contributed by atoms with Crippen LogP contribution in [-0.4, -0.2) is 33.9 Å². The lowest BCUT2D eigenvalue weighted by Crippen LogP contribution is -2.42. The van der Waals surface area contributed by atoms with E-state index in [1.165, 1.54) is 0 Å². The van der Waals surface area contributed by atoms with Crippen LogP contribution in [0.1, 0.15) is 48.6 Å². The molecule has 3 aromatic heterocycles. The molecule has 0 aliphatic carbocycles. The van der Waals surface area contributed by atoms with Crippen LogP contribution in [0.4, 0.5) is 5.82 Å². The Labute approximate surface area is 189 Å². The molecular weight excluding hydrogens is 432 g/mol. The molecule has 0 aromatic carbocycles. The molecule has 0 fully saturated rings. The summed E-state index contributed by atoms with van der Waals surface area (Å²) in [6.45, 7) is 6.59. The topological polar surface area (TPSA) is 80.4 Å². The highest BCUT2D eigenvalue weighted by Crippen LogP contribution is 2.47. The molecule has 4 rings (SSSR count). The van der Waals surface area contributed by atoms with E-state index < -0.39 is 0 Å². The normalized spacial score (nSPS) is 16.8. The Hall–Kier alpha value is -2.52. The third-order valence-corrected chi connectivity index (χ3v) is 7.10. The minimum absolute atomic E-state index is 0.00990. The van der Waals surface area contributed by atoms with Crippen LogP contribution in [0, 0.1) is 0 Å². The van der Waals surface area contributed by atoms with Gasteiger partial charge in [0.25, 0.3) is 0 Å². The molecule has 1 atom stereocenters. The number of nitrogens with one attached hydrogen (secondary N) is 1. The predicted molar refractivity (Wildman–Crippen MR) is 123 cm³/mol. The molecule has 0 radical (unpaired) electrons. The predicted octanol–water partition coefficient (Wildman–Crippen LogP) is 3.86. The van der Waals surface area contributed by atoms with Crippen molar-refractivity contribution in [2.75, 3.05) is 17.2 Å². The monoisotopic (exact) mass is 458 g/mol. The molecule has 4 heterocycles. The highest BCUT2D eigenvalue weighted by molar-refractivity contribution is 8.00. The molecule has 9 heteroatoms. The minimum Gasteiger partial charge on any atom is -0.467 e. The first-order valence-corrected chi connectivity index (χ1v) is 12.1. The number of anilines is 1. The summed E-state index contributed by atoms with van der Waals surface area (Å²) in [4.78, 5) is 27.4. The number of aryl methyl sites for hydroxylation is 1. The molecule has 0 spiro atoms. The standard InChI is InChI=1S/C22H26N4O3S2/c1-22(2,3)20-18-19(14-7-9-30-12-14)31-13-17(28)26(21(18)25(4)24-20)11-16(27)23-10-15-6-5-8-29-15/h5-9,12,19H,10-11,13H2,1-4H3,(H,23,27). The number of carbonyl (C=O) groups excluding carboxylic acids is 2. The number of carbonyl (C=O) groups is 2. The van der Waals surface area contributed by atoms with Crippen LogP contribution in [0.5, 0.6) is 0 Å². The molecule has 0 saturated carbocycles. The van der Waals surface area contributed by atoms with Gasteiger partial charge in [-0.3, -0.25) is 19.2 Å². The zero-order chi connectivity index (χ0) is 22.2. The lowest BCUT2D eigenvalue weighted by Gasteiger charge is -2.23. The third-order valence-electron chi connectivity index (χ3n) is 5.14. The molecule has 1 aliphatic rings. The number of rotatable bonds is 5. The summed E-state index contributed by atoms with van der Waals surface area (Å²) in [5.41, 5.74) is 2.92. The maximum Gasteiger partial charge on any atom is 0.240 e. The van der Waals surface area contributed by atoms with Crippen molar-refractivity contribution in [1.29, 1.82) is 0 Å². The molecule has 1 unspecified atom stereocenters. The Bertz CT molecular complexity index is 1070. The fraction of sp³-hybridized carbons (Fsp3) is 0.409. The van der Waals surface area contributed by atoms with Gasteiger partial charge >= 0.3 is 0 Å². The van der Waals surface area contributed by atoms with Crippen LogP contribution in [0.25, 0.3) is 0 Å². The molecular formula is C22H26N4O3S2. The van der Waals surface area contributed by atoms with E-state index in [0.29, 0.717) is 17.3 Å². The molecule has 1 N–H and O–H groups in total. The molecule has 1 aliphatic heterocycles. The molecule has 31 heavy (non-hydrogen) atoms. The van der Waals surface area contributed by atoms with Gasteiger partial charge in [-0.2, -0.15) is 16.4 Å². The summed E-state index contributed by atoms with van der Waals surface area (Å²) in [6, 6.07) is 5.67. The van der Waals surface area contributed by atoms with Crippen molar-refractivity contribution in [2.24, 2.45) is 7.05 Å². The summed E-state index contributed by atoms with van der Waals surface area (Å²) in [5.74, 6) is 1.32. The van der Waals surface area contributed by atoms with Crippen LogP contribution < -0.4 is 10.2 Å². The second-order valence-corrected chi connectivity index (χ2v) is 10.4.